The van der Waals surface area contributed by atoms with Gasteiger partial charge in [-0.25, -0.2) is 9.97 Å². The Morgan fingerprint density at radius 3 is 2.67 bits per heavy atom. The van der Waals surface area contributed by atoms with Crippen molar-refractivity contribution in [2.75, 3.05) is 11.9 Å². The van der Waals surface area contributed by atoms with E-state index in [0.29, 0.717) is 5.92 Å². The molecule has 1 aromatic heterocycles. The van der Waals surface area contributed by atoms with Crippen LogP contribution in [0.15, 0.2) is 35.4 Å². The van der Waals surface area contributed by atoms with E-state index < -0.39 is 0 Å². The van der Waals surface area contributed by atoms with Gasteiger partial charge in [0, 0.05) is 24.3 Å². The fourth-order valence-electron chi connectivity index (χ4n) is 2.01. The molecule has 0 atom stereocenters. The van der Waals surface area contributed by atoms with Crippen LogP contribution in [0.2, 0.25) is 0 Å². The monoisotopic (exact) mass is 301 g/mol. The van der Waals surface area contributed by atoms with E-state index in [4.69, 9.17) is 0 Å². The molecule has 1 N–H and O–H groups in total. The van der Waals surface area contributed by atoms with Crippen molar-refractivity contribution in [2.24, 2.45) is 0 Å². The number of nitrogens with one attached hydrogen (secondary N) is 1. The number of aryl methyl sites for hydroxylation is 1. The minimum Gasteiger partial charge on any atom is -0.370 e. The minimum absolute atomic E-state index is 0.335. The molecule has 1 aromatic carbocycles. The number of thioether (sulfide) groups is 1. The van der Waals surface area contributed by atoms with Crippen LogP contribution in [0.5, 0.6) is 0 Å². The van der Waals surface area contributed by atoms with Crippen LogP contribution in [0.4, 0.5) is 5.82 Å². The lowest BCUT2D eigenvalue weighted by Gasteiger charge is -2.10. The molecule has 0 bridgehead atoms. The Morgan fingerprint density at radius 2 is 2.00 bits per heavy atom. The predicted octanol–water partition coefficient (Wildman–Crippen LogP) is 4.63. The first-order chi connectivity index (χ1) is 10.1. The number of nitrogens with zero attached hydrogens (tertiary/aromatic N) is 2. The summed E-state index contributed by atoms with van der Waals surface area (Å²) in [7, 11) is 0. The van der Waals surface area contributed by atoms with Gasteiger partial charge < -0.3 is 5.32 Å². The Labute approximate surface area is 131 Å². The van der Waals surface area contributed by atoms with E-state index in [9.17, 15) is 0 Å². The second-order valence-electron chi connectivity index (χ2n) is 5.41. The average Bonchev–Trinajstić information content (AvgIpc) is 2.45. The van der Waals surface area contributed by atoms with Crippen LogP contribution in [0.25, 0.3) is 0 Å². The van der Waals surface area contributed by atoms with Crippen molar-refractivity contribution in [1.29, 1.82) is 0 Å². The van der Waals surface area contributed by atoms with E-state index in [0.717, 1.165) is 29.0 Å². The van der Waals surface area contributed by atoms with Gasteiger partial charge in [-0.2, -0.15) is 0 Å². The normalized spacial score (nSPS) is 10.9. The summed E-state index contributed by atoms with van der Waals surface area (Å²) in [6, 6.07) is 10.7. The molecule has 3 nitrogen and oxygen atoms in total. The van der Waals surface area contributed by atoms with E-state index in [2.05, 4.69) is 67.2 Å². The summed E-state index contributed by atoms with van der Waals surface area (Å²) in [5.74, 6) is 3.09. The number of anilines is 1. The van der Waals surface area contributed by atoms with Gasteiger partial charge in [0.15, 0.2) is 0 Å². The minimum atomic E-state index is 0.335. The molecule has 2 aromatic rings. The van der Waals surface area contributed by atoms with Crippen LogP contribution >= 0.6 is 11.8 Å². The number of rotatable bonds is 6. The van der Waals surface area contributed by atoms with Gasteiger partial charge in [-0.1, -0.05) is 43.7 Å². The molecule has 0 saturated carbocycles. The highest BCUT2D eigenvalue weighted by atomic mass is 32.2. The van der Waals surface area contributed by atoms with Crippen LogP contribution in [-0.4, -0.2) is 16.5 Å². The lowest BCUT2D eigenvalue weighted by molar-refractivity contribution is 0.754. The Morgan fingerprint density at radius 1 is 1.19 bits per heavy atom. The van der Waals surface area contributed by atoms with Gasteiger partial charge in [-0.05, 0) is 19.4 Å². The number of hydrogen-bond donors (Lipinski definition) is 1. The van der Waals surface area contributed by atoms with E-state index in [-0.39, 0.29) is 0 Å². The molecule has 0 amide bonds. The molecule has 0 radical (unpaired) electrons. The lowest BCUT2D eigenvalue weighted by atomic mass is 10.2. The molecule has 0 fully saturated rings. The third-order valence-electron chi connectivity index (χ3n) is 3.06. The molecule has 0 unspecified atom stereocenters. The van der Waals surface area contributed by atoms with Crippen molar-refractivity contribution >= 4 is 17.6 Å². The van der Waals surface area contributed by atoms with Crippen LogP contribution in [0.3, 0.4) is 0 Å². The van der Waals surface area contributed by atoms with E-state index in [1.54, 1.807) is 11.8 Å². The van der Waals surface area contributed by atoms with Crippen molar-refractivity contribution in [3.05, 3.63) is 47.3 Å². The highest BCUT2D eigenvalue weighted by Gasteiger charge is 2.08. The summed E-state index contributed by atoms with van der Waals surface area (Å²) >= 11 is 1.76. The Balaban J connectivity index is 2.14. The molecular formula is C17H23N3S. The summed E-state index contributed by atoms with van der Waals surface area (Å²) in [6.07, 6.45) is 0. The van der Waals surface area contributed by atoms with Gasteiger partial charge in [-0.3, -0.25) is 0 Å². The molecule has 0 aliphatic rings. The van der Waals surface area contributed by atoms with Crippen molar-refractivity contribution in [3.63, 3.8) is 0 Å². The standard InChI is InChI=1S/C17H23N3S/c1-5-18-15-10-16(20-17(19-15)12(2)3)21-11-14-8-6-7-13(4)9-14/h6-10,12H,5,11H2,1-4H3,(H,18,19,20). The first-order valence-electron chi connectivity index (χ1n) is 7.39. The zero-order valence-electron chi connectivity index (χ0n) is 13.2. The zero-order valence-corrected chi connectivity index (χ0v) is 14.0. The first kappa shape index (κ1) is 15.8. The second kappa shape index (κ2) is 7.46. The van der Waals surface area contributed by atoms with Crippen molar-refractivity contribution < 1.29 is 0 Å². The van der Waals surface area contributed by atoms with Gasteiger partial charge in [0.2, 0.25) is 0 Å². The third-order valence-corrected chi connectivity index (χ3v) is 4.05. The summed E-state index contributed by atoms with van der Waals surface area (Å²) < 4.78 is 0. The molecule has 0 saturated heterocycles. The highest BCUT2D eigenvalue weighted by Crippen LogP contribution is 2.25. The fourth-order valence-corrected chi connectivity index (χ4v) is 2.85. The van der Waals surface area contributed by atoms with E-state index in [1.165, 1.54) is 11.1 Å². The molecular weight excluding hydrogens is 278 g/mol. The molecule has 0 aliphatic carbocycles. The van der Waals surface area contributed by atoms with Crippen LogP contribution in [0.1, 0.15) is 43.6 Å². The highest BCUT2D eigenvalue weighted by molar-refractivity contribution is 7.98. The molecule has 0 spiro atoms. The smallest absolute Gasteiger partial charge is 0.134 e. The predicted molar refractivity (Wildman–Crippen MR) is 91.0 cm³/mol. The Bertz CT molecular complexity index is 596. The van der Waals surface area contributed by atoms with E-state index in [1.807, 2.05) is 6.07 Å². The summed E-state index contributed by atoms with van der Waals surface area (Å²) in [5, 5.41) is 4.32. The summed E-state index contributed by atoms with van der Waals surface area (Å²) in [6.45, 7) is 9.33. The molecule has 4 heteroatoms. The summed E-state index contributed by atoms with van der Waals surface area (Å²) in [5.41, 5.74) is 2.63. The first-order valence-corrected chi connectivity index (χ1v) is 8.38. The van der Waals surface area contributed by atoms with Crippen molar-refractivity contribution in [3.8, 4) is 0 Å². The van der Waals surface area contributed by atoms with Gasteiger partial charge in [0.25, 0.3) is 0 Å². The summed E-state index contributed by atoms with van der Waals surface area (Å²) in [4.78, 5) is 9.22. The van der Waals surface area contributed by atoms with Crippen molar-refractivity contribution in [1.82, 2.24) is 9.97 Å². The zero-order chi connectivity index (χ0) is 15.2. The molecule has 21 heavy (non-hydrogen) atoms. The Kier molecular flexibility index (Phi) is 5.62. The molecule has 112 valence electrons. The average molecular weight is 301 g/mol. The quantitative estimate of drug-likeness (QED) is 0.623. The third kappa shape index (κ3) is 4.74. The SMILES string of the molecule is CCNc1cc(SCc2cccc(C)c2)nc(C(C)C)n1. The number of benzene rings is 1. The molecule has 1 heterocycles. The van der Waals surface area contributed by atoms with Crippen LogP contribution in [0, 0.1) is 6.92 Å². The van der Waals surface area contributed by atoms with Gasteiger partial charge in [-0.15, -0.1) is 11.8 Å². The van der Waals surface area contributed by atoms with Crippen LogP contribution < -0.4 is 5.32 Å². The van der Waals surface area contributed by atoms with Crippen LogP contribution in [-0.2, 0) is 5.75 Å². The van der Waals surface area contributed by atoms with E-state index >= 15 is 0 Å². The topological polar surface area (TPSA) is 37.8 Å². The van der Waals surface area contributed by atoms with Gasteiger partial charge in [0.1, 0.15) is 16.7 Å². The van der Waals surface area contributed by atoms with Gasteiger partial charge in [0.05, 0.1) is 0 Å². The maximum absolute atomic E-state index is 4.66. The lowest BCUT2D eigenvalue weighted by Crippen LogP contribution is -2.05. The Hall–Kier alpha value is -1.55. The maximum atomic E-state index is 4.66. The second-order valence-corrected chi connectivity index (χ2v) is 6.41. The molecule has 0 aliphatic heterocycles. The number of aromatic nitrogens is 2. The fraction of sp³-hybridized carbons (Fsp3) is 0.412. The maximum Gasteiger partial charge on any atom is 0.134 e. The van der Waals surface area contributed by atoms with Gasteiger partial charge >= 0.3 is 0 Å². The molecule has 2 rings (SSSR count). The number of hydrogen-bond acceptors (Lipinski definition) is 4. The van der Waals surface area contributed by atoms with Crippen molar-refractivity contribution in [2.45, 2.75) is 44.4 Å². The largest absolute Gasteiger partial charge is 0.370 e.